The van der Waals surface area contributed by atoms with Crippen LogP contribution in [-0.2, 0) is 4.79 Å². The number of carbonyl (C=O) groups excluding carboxylic acids is 1. The predicted octanol–water partition coefficient (Wildman–Crippen LogP) is 16.4. The summed E-state index contributed by atoms with van der Waals surface area (Å²) in [6, 6.07) is -0.621. The van der Waals surface area contributed by atoms with E-state index in [2.05, 4.69) is 31.3 Å². The number of hydrogen-bond donors (Lipinski definition) is 3. The Morgan fingerprint density at radius 3 is 0.982 bits per heavy atom. The summed E-state index contributed by atoms with van der Waals surface area (Å²) in [7, 11) is 0. The van der Waals surface area contributed by atoms with E-state index < -0.39 is 12.1 Å². The van der Waals surface area contributed by atoms with Gasteiger partial charge in [-0.2, -0.15) is 0 Å². The molecule has 332 valence electrons. The first kappa shape index (κ1) is 54.9. The molecule has 0 saturated heterocycles. The van der Waals surface area contributed by atoms with E-state index in [-0.39, 0.29) is 12.5 Å². The van der Waals surface area contributed by atoms with Gasteiger partial charge < -0.3 is 15.5 Å². The molecule has 3 N–H and O–H groups in total. The monoisotopic (exact) mass is 788 g/mol. The molecule has 0 aromatic carbocycles. The SMILES string of the molecule is CCCCCCCC/C=C\CCCCCCCCCCCC(=O)NC(CO)C(O)/C=C/CCCCCCCCCCCCCCCCCCCCCCCCC. The summed E-state index contributed by atoms with van der Waals surface area (Å²) in [5.41, 5.74) is 0. The van der Waals surface area contributed by atoms with Gasteiger partial charge in [-0.15, -0.1) is 0 Å². The topological polar surface area (TPSA) is 69.6 Å². The van der Waals surface area contributed by atoms with Gasteiger partial charge in [0, 0.05) is 6.42 Å². The van der Waals surface area contributed by atoms with Crippen LogP contribution in [0.5, 0.6) is 0 Å². The summed E-state index contributed by atoms with van der Waals surface area (Å²) >= 11 is 0. The van der Waals surface area contributed by atoms with E-state index in [9.17, 15) is 15.0 Å². The summed E-state index contributed by atoms with van der Waals surface area (Å²) in [6.45, 7) is 4.33. The van der Waals surface area contributed by atoms with Crippen molar-refractivity contribution in [3.05, 3.63) is 24.3 Å². The number of rotatable bonds is 47. The van der Waals surface area contributed by atoms with Gasteiger partial charge in [0.05, 0.1) is 18.8 Å². The highest BCUT2D eigenvalue weighted by Crippen LogP contribution is 2.17. The van der Waals surface area contributed by atoms with Gasteiger partial charge in [0.2, 0.25) is 5.91 Å². The van der Waals surface area contributed by atoms with E-state index in [1.54, 1.807) is 6.08 Å². The van der Waals surface area contributed by atoms with Crippen molar-refractivity contribution in [3.8, 4) is 0 Å². The van der Waals surface area contributed by atoms with Crippen molar-refractivity contribution in [2.45, 2.75) is 296 Å². The molecule has 1 amide bonds. The molecule has 4 nitrogen and oxygen atoms in total. The van der Waals surface area contributed by atoms with Crippen LogP contribution in [0.25, 0.3) is 0 Å². The third-order valence-corrected chi connectivity index (χ3v) is 11.9. The van der Waals surface area contributed by atoms with Crippen LogP contribution in [0.2, 0.25) is 0 Å². The summed E-state index contributed by atoms with van der Waals surface area (Å²) in [4.78, 5) is 12.4. The molecule has 0 bridgehead atoms. The van der Waals surface area contributed by atoms with Crippen LogP contribution < -0.4 is 5.32 Å². The third kappa shape index (κ3) is 44.0. The van der Waals surface area contributed by atoms with Gasteiger partial charge in [-0.3, -0.25) is 4.79 Å². The van der Waals surface area contributed by atoms with Crippen LogP contribution in [-0.4, -0.2) is 34.9 Å². The zero-order valence-electron chi connectivity index (χ0n) is 38.2. The number of unbranched alkanes of at least 4 members (excludes halogenated alkanes) is 38. The molecular weight excluding hydrogens is 687 g/mol. The lowest BCUT2D eigenvalue weighted by molar-refractivity contribution is -0.123. The second-order valence-electron chi connectivity index (χ2n) is 17.6. The Bertz CT molecular complexity index is 810. The Labute approximate surface area is 351 Å². The zero-order chi connectivity index (χ0) is 40.7. The maximum Gasteiger partial charge on any atom is 0.220 e. The number of allylic oxidation sites excluding steroid dienone is 3. The molecule has 4 heteroatoms. The Morgan fingerprint density at radius 2 is 0.679 bits per heavy atom. The molecule has 0 fully saturated rings. The smallest absolute Gasteiger partial charge is 0.220 e. The second-order valence-corrected chi connectivity index (χ2v) is 17.6. The van der Waals surface area contributed by atoms with Crippen LogP contribution in [0, 0.1) is 0 Å². The van der Waals surface area contributed by atoms with E-state index in [0.717, 1.165) is 25.7 Å². The molecule has 2 atom stereocenters. The van der Waals surface area contributed by atoms with Crippen LogP contribution in [0.3, 0.4) is 0 Å². The minimum absolute atomic E-state index is 0.0627. The van der Waals surface area contributed by atoms with Crippen molar-refractivity contribution in [2.75, 3.05) is 6.61 Å². The highest BCUT2D eigenvalue weighted by atomic mass is 16.3. The number of hydrogen-bond acceptors (Lipinski definition) is 3. The number of amides is 1. The molecule has 0 aliphatic rings. The van der Waals surface area contributed by atoms with E-state index in [0.29, 0.717) is 6.42 Å². The van der Waals surface area contributed by atoms with Gasteiger partial charge in [0.25, 0.3) is 0 Å². The van der Waals surface area contributed by atoms with Gasteiger partial charge in [-0.25, -0.2) is 0 Å². The van der Waals surface area contributed by atoms with Crippen molar-refractivity contribution >= 4 is 5.91 Å². The molecule has 0 aliphatic heterocycles. The lowest BCUT2D eigenvalue weighted by Crippen LogP contribution is -2.45. The summed E-state index contributed by atoms with van der Waals surface area (Å²) in [5.74, 6) is -0.0627. The maximum atomic E-state index is 12.4. The molecule has 0 rings (SSSR count). The van der Waals surface area contributed by atoms with Crippen molar-refractivity contribution in [3.63, 3.8) is 0 Å². The van der Waals surface area contributed by atoms with Crippen LogP contribution in [0.4, 0.5) is 0 Å². The van der Waals surface area contributed by atoms with Crippen molar-refractivity contribution in [1.82, 2.24) is 5.32 Å². The molecule has 56 heavy (non-hydrogen) atoms. The van der Waals surface area contributed by atoms with Crippen LogP contribution >= 0.6 is 0 Å². The Kier molecular flexibility index (Phi) is 47.3. The summed E-state index contributed by atoms with van der Waals surface area (Å²) < 4.78 is 0. The Hall–Kier alpha value is -1.13. The molecule has 0 heterocycles. The Balaban J connectivity index is 3.50. The zero-order valence-corrected chi connectivity index (χ0v) is 38.2. The van der Waals surface area contributed by atoms with Crippen LogP contribution in [0.15, 0.2) is 24.3 Å². The van der Waals surface area contributed by atoms with Crippen molar-refractivity contribution < 1.29 is 15.0 Å². The average Bonchev–Trinajstić information content (AvgIpc) is 3.20. The van der Waals surface area contributed by atoms with Gasteiger partial charge in [0.1, 0.15) is 0 Å². The lowest BCUT2D eigenvalue weighted by atomic mass is 10.0. The highest BCUT2D eigenvalue weighted by Gasteiger charge is 2.18. The first-order valence-electron chi connectivity index (χ1n) is 25.6. The normalized spacial score (nSPS) is 13.0. The third-order valence-electron chi connectivity index (χ3n) is 11.9. The molecule has 0 saturated carbocycles. The number of aliphatic hydroxyl groups excluding tert-OH is 2. The molecule has 0 radical (unpaired) electrons. The minimum atomic E-state index is -0.838. The summed E-state index contributed by atoms with van der Waals surface area (Å²) in [5, 5.41) is 23.1. The van der Waals surface area contributed by atoms with Gasteiger partial charge in [0.15, 0.2) is 0 Å². The van der Waals surface area contributed by atoms with Crippen LogP contribution in [0.1, 0.15) is 284 Å². The number of nitrogens with one attached hydrogen (secondary N) is 1. The van der Waals surface area contributed by atoms with E-state index in [1.165, 1.54) is 238 Å². The van der Waals surface area contributed by atoms with Gasteiger partial charge in [-0.05, 0) is 44.9 Å². The molecule has 0 aliphatic carbocycles. The maximum absolute atomic E-state index is 12.4. The standard InChI is InChI=1S/C52H101NO3/c1-3-5-7-9-11-13-15-17-19-21-23-24-25-26-27-28-30-31-33-35-37-39-41-43-45-47-51(55)50(49-54)53-52(56)48-46-44-42-40-38-36-34-32-29-22-20-18-16-14-12-10-8-6-4-2/h18,20,45,47,50-51,54-55H,3-17,19,21-44,46,48-49H2,1-2H3,(H,53,56)/b20-18-,47-45+. The number of carbonyl (C=O) groups is 1. The van der Waals surface area contributed by atoms with Crippen molar-refractivity contribution in [1.29, 1.82) is 0 Å². The molecule has 2 unspecified atom stereocenters. The van der Waals surface area contributed by atoms with E-state index in [4.69, 9.17) is 0 Å². The molecule has 0 aromatic rings. The fourth-order valence-electron chi connectivity index (χ4n) is 8.00. The highest BCUT2D eigenvalue weighted by molar-refractivity contribution is 5.76. The quantitative estimate of drug-likeness (QED) is 0.0425. The van der Waals surface area contributed by atoms with E-state index in [1.807, 2.05) is 6.08 Å². The first-order valence-corrected chi connectivity index (χ1v) is 25.6. The fourth-order valence-corrected chi connectivity index (χ4v) is 8.00. The largest absolute Gasteiger partial charge is 0.394 e. The Morgan fingerprint density at radius 1 is 0.411 bits per heavy atom. The van der Waals surface area contributed by atoms with Gasteiger partial charge >= 0.3 is 0 Å². The van der Waals surface area contributed by atoms with E-state index >= 15 is 0 Å². The lowest BCUT2D eigenvalue weighted by Gasteiger charge is -2.20. The second kappa shape index (κ2) is 48.2. The molecule has 0 aromatic heterocycles. The molecular formula is C52H101NO3. The predicted molar refractivity (Wildman–Crippen MR) is 249 cm³/mol. The summed E-state index contributed by atoms with van der Waals surface area (Å²) in [6.07, 6.45) is 63.1. The number of aliphatic hydroxyl groups is 2. The fraction of sp³-hybridized carbons (Fsp3) is 0.904. The first-order chi connectivity index (χ1) is 27.7. The molecule has 0 spiro atoms. The van der Waals surface area contributed by atoms with Gasteiger partial charge in [-0.1, -0.05) is 256 Å². The average molecular weight is 788 g/mol. The minimum Gasteiger partial charge on any atom is -0.394 e. The van der Waals surface area contributed by atoms with Crippen molar-refractivity contribution in [2.24, 2.45) is 0 Å².